The molecule has 132 valence electrons. The molecule has 3 aromatic rings. The van der Waals surface area contributed by atoms with Crippen LogP contribution < -0.4 is 0 Å². The molecule has 2 aromatic carbocycles. The van der Waals surface area contributed by atoms with Gasteiger partial charge in [0, 0.05) is 38.5 Å². The van der Waals surface area contributed by atoms with Crippen molar-refractivity contribution < 1.29 is 9.59 Å². The van der Waals surface area contributed by atoms with Crippen LogP contribution in [0.2, 0.25) is 10.2 Å². The minimum absolute atomic E-state index is 0.163. The van der Waals surface area contributed by atoms with Crippen molar-refractivity contribution in [1.29, 1.82) is 0 Å². The van der Waals surface area contributed by atoms with Crippen LogP contribution in [0.4, 0.5) is 0 Å². The number of benzene rings is 2. The van der Waals surface area contributed by atoms with Crippen molar-refractivity contribution in [3.8, 4) is 0 Å². The highest BCUT2D eigenvalue weighted by Crippen LogP contribution is 2.41. The van der Waals surface area contributed by atoms with Crippen LogP contribution in [0.5, 0.6) is 0 Å². The normalized spacial score (nSPS) is 16.9. The maximum atomic E-state index is 13.3. The van der Waals surface area contributed by atoms with Gasteiger partial charge in [-0.25, -0.2) is 4.98 Å². The second kappa shape index (κ2) is 6.31. The SMILES string of the molecule is CN(C)CCC1C(=O)c2cnc(Cl)c3cc4c(Cl)cccc4c(c23)C1=O. The molecule has 0 bridgehead atoms. The Balaban J connectivity index is 2.08. The van der Waals surface area contributed by atoms with Crippen LogP contribution in [-0.4, -0.2) is 42.1 Å². The standard InChI is InChI=1S/C20H16Cl2N2O2/c1-24(2)7-6-11-18(25)14-9-23-20(22)13-8-12-10(4-3-5-15(12)21)17(16(13)14)19(11)26/h3-5,8-9,11H,6-7H2,1-2H3. The van der Waals surface area contributed by atoms with Crippen molar-refractivity contribution in [1.82, 2.24) is 9.88 Å². The minimum Gasteiger partial charge on any atom is -0.309 e. The number of fused-ring (bicyclic) bond motifs is 2. The van der Waals surface area contributed by atoms with E-state index in [2.05, 4.69) is 4.98 Å². The first kappa shape index (κ1) is 17.4. The third-order valence-electron chi connectivity index (χ3n) is 4.94. The fourth-order valence-corrected chi connectivity index (χ4v) is 4.09. The maximum Gasteiger partial charge on any atom is 0.175 e. The number of halogens is 2. The first-order chi connectivity index (χ1) is 12.4. The van der Waals surface area contributed by atoms with Gasteiger partial charge in [0.15, 0.2) is 11.6 Å². The van der Waals surface area contributed by atoms with E-state index in [9.17, 15) is 9.59 Å². The van der Waals surface area contributed by atoms with E-state index >= 15 is 0 Å². The number of pyridine rings is 1. The molecule has 1 aromatic heterocycles. The van der Waals surface area contributed by atoms with Crippen LogP contribution in [0.3, 0.4) is 0 Å². The molecule has 0 fully saturated rings. The zero-order chi connectivity index (χ0) is 18.6. The molecule has 0 saturated carbocycles. The molecule has 4 rings (SSSR count). The highest BCUT2D eigenvalue weighted by atomic mass is 35.5. The summed E-state index contributed by atoms with van der Waals surface area (Å²) in [5, 5.41) is 3.48. The molecule has 26 heavy (non-hydrogen) atoms. The summed E-state index contributed by atoms with van der Waals surface area (Å²) < 4.78 is 0. The van der Waals surface area contributed by atoms with Crippen molar-refractivity contribution in [2.45, 2.75) is 6.42 Å². The summed E-state index contributed by atoms with van der Waals surface area (Å²) in [6, 6.07) is 7.27. The number of hydrogen-bond donors (Lipinski definition) is 0. The van der Waals surface area contributed by atoms with Crippen molar-refractivity contribution in [2.75, 3.05) is 20.6 Å². The molecule has 4 nitrogen and oxygen atoms in total. The molecule has 0 saturated heterocycles. The molecule has 1 aliphatic carbocycles. The van der Waals surface area contributed by atoms with Crippen LogP contribution in [0.1, 0.15) is 27.1 Å². The van der Waals surface area contributed by atoms with Gasteiger partial charge in [-0.15, -0.1) is 0 Å². The average Bonchev–Trinajstić information content (AvgIpc) is 2.60. The maximum absolute atomic E-state index is 13.3. The summed E-state index contributed by atoms with van der Waals surface area (Å²) >= 11 is 12.6. The monoisotopic (exact) mass is 386 g/mol. The minimum atomic E-state index is -0.708. The van der Waals surface area contributed by atoms with E-state index in [1.165, 1.54) is 6.20 Å². The third kappa shape index (κ3) is 2.52. The Labute approximate surface area is 160 Å². The molecule has 6 heteroatoms. The highest BCUT2D eigenvalue weighted by molar-refractivity contribution is 6.42. The Hall–Kier alpha value is -2.01. The van der Waals surface area contributed by atoms with Crippen LogP contribution >= 0.6 is 23.2 Å². The zero-order valence-corrected chi connectivity index (χ0v) is 15.9. The fraction of sp³-hybridized carbons (Fsp3) is 0.250. The van der Waals surface area contributed by atoms with Crippen LogP contribution in [0, 0.1) is 5.92 Å². The second-order valence-electron chi connectivity index (χ2n) is 6.84. The number of nitrogens with zero attached hydrogens (tertiary/aromatic N) is 2. The zero-order valence-electron chi connectivity index (χ0n) is 14.3. The number of ketones is 2. The van der Waals surface area contributed by atoms with Gasteiger partial charge in [-0.3, -0.25) is 9.59 Å². The van der Waals surface area contributed by atoms with E-state index < -0.39 is 5.92 Å². The van der Waals surface area contributed by atoms with E-state index in [0.29, 0.717) is 39.9 Å². The summed E-state index contributed by atoms with van der Waals surface area (Å²) in [6.45, 7) is 0.646. The third-order valence-corrected chi connectivity index (χ3v) is 5.57. The number of aromatic nitrogens is 1. The average molecular weight is 387 g/mol. The molecule has 0 aliphatic heterocycles. The van der Waals surface area contributed by atoms with Gasteiger partial charge in [-0.2, -0.15) is 0 Å². The Kier molecular flexibility index (Phi) is 4.22. The highest BCUT2D eigenvalue weighted by Gasteiger charge is 2.37. The number of carbonyl (C=O) groups is 2. The van der Waals surface area contributed by atoms with Crippen LogP contribution in [0.25, 0.3) is 21.5 Å². The fourth-order valence-electron chi connectivity index (χ4n) is 3.66. The molecular weight excluding hydrogens is 371 g/mol. The van der Waals surface area contributed by atoms with Crippen molar-refractivity contribution >= 4 is 56.3 Å². The van der Waals surface area contributed by atoms with Crippen molar-refractivity contribution in [3.05, 3.63) is 51.8 Å². The molecular formula is C20H16Cl2N2O2. The van der Waals surface area contributed by atoms with Crippen LogP contribution in [-0.2, 0) is 0 Å². The van der Waals surface area contributed by atoms with Gasteiger partial charge in [0.05, 0.1) is 5.92 Å². The number of hydrogen-bond acceptors (Lipinski definition) is 4. The predicted molar refractivity (Wildman–Crippen MR) is 105 cm³/mol. The van der Waals surface area contributed by atoms with Gasteiger partial charge in [-0.1, -0.05) is 35.3 Å². The van der Waals surface area contributed by atoms with E-state index in [0.717, 1.165) is 10.8 Å². The smallest absolute Gasteiger partial charge is 0.175 e. The molecule has 1 aliphatic rings. The van der Waals surface area contributed by atoms with E-state index in [4.69, 9.17) is 23.2 Å². The van der Waals surface area contributed by atoms with Gasteiger partial charge in [0.2, 0.25) is 0 Å². The lowest BCUT2D eigenvalue weighted by Gasteiger charge is -2.25. The van der Waals surface area contributed by atoms with E-state index in [1.54, 1.807) is 6.07 Å². The molecule has 0 amide bonds. The Morgan fingerprint density at radius 3 is 2.58 bits per heavy atom. The largest absolute Gasteiger partial charge is 0.309 e. The predicted octanol–water partition coefficient (Wildman–Crippen LogP) is 4.64. The Bertz CT molecular complexity index is 1090. The Morgan fingerprint density at radius 2 is 1.85 bits per heavy atom. The number of carbonyl (C=O) groups excluding carboxylic acids is 2. The van der Waals surface area contributed by atoms with E-state index in [-0.39, 0.29) is 16.7 Å². The van der Waals surface area contributed by atoms with Gasteiger partial charge in [0.1, 0.15) is 5.15 Å². The summed E-state index contributed by atoms with van der Waals surface area (Å²) in [7, 11) is 3.84. The lowest BCUT2D eigenvalue weighted by atomic mass is 9.77. The first-order valence-corrected chi connectivity index (χ1v) is 9.08. The lowest BCUT2D eigenvalue weighted by molar-refractivity contribution is 0.0789. The summed E-state index contributed by atoms with van der Waals surface area (Å²) in [6.07, 6.45) is 1.95. The Morgan fingerprint density at radius 1 is 1.08 bits per heavy atom. The first-order valence-electron chi connectivity index (χ1n) is 8.32. The molecule has 1 atom stereocenters. The molecule has 1 unspecified atom stereocenters. The molecule has 0 spiro atoms. The van der Waals surface area contributed by atoms with Crippen LogP contribution in [0.15, 0.2) is 30.5 Å². The van der Waals surface area contributed by atoms with Gasteiger partial charge in [0.25, 0.3) is 0 Å². The summed E-state index contributed by atoms with van der Waals surface area (Å²) in [5.74, 6) is -1.05. The van der Waals surface area contributed by atoms with Crippen molar-refractivity contribution in [2.24, 2.45) is 5.92 Å². The molecule has 1 heterocycles. The summed E-state index contributed by atoms with van der Waals surface area (Å²) in [4.78, 5) is 32.4. The van der Waals surface area contributed by atoms with Crippen molar-refractivity contribution in [3.63, 3.8) is 0 Å². The molecule has 0 N–H and O–H groups in total. The van der Waals surface area contributed by atoms with Gasteiger partial charge in [-0.05, 0) is 44.6 Å². The second-order valence-corrected chi connectivity index (χ2v) is 7.61. The molecule has 0 radical (unpaired) electrons. The summed E-state index contributed by atoms with van der Waals surface area (Å²) in [5.41, 5.74) is 0.993. The number of Topliss-reactive ketones (excluding diaryl/α,β-unsaturated/α-hetero) is 2. The van der Waals surface area contributed by atoms with Gasteiger partial charge >= 0.3 is 0 Å². The van der Waals surface area contributed by atoms with Gasteiger partial charge < -0.3 is 4.90 Å². The topological polar surface area (TPSA) is 50.3 Å². The quantitative estimate of drug-likeness (QED) is 0.373. The lowest BCUT2D eigenvalue weighted by Crippen LogP contribution is -2.32. The number of rotatable bonds is 3. The van der Waals surface area contributed by atoms with E-state index in [1.807, 2.05) is 37.2 Å².